The summed E-state index contributed by atoms with van der Waals surface area (Å²) in [6.07, 6.45) is 1.36. The number of hydrogen-bond acceptors (Lipinski definition) is 4. The van der Waals surface area contributed by atoms with E-state index in [-0.39, 0.29) is 11.8 Å². The van der Waals surface area contributed by atoms with Crippen LogP contribution in [0.4, 0.5) is 11.4 Å². The third-order valence-corrected chi connectivity index (χ3v) is 4.03. The van der Waals surface area contributed by atoms with Crippen LogP contribution in [0.25, 0.3) is 0 Å². The maximum atomic E-state index is 12.4. The first-order chi connectivity index (χ1) is 13.6. The molecule has 6 nitrogen and oxygen atoms in total. The molecule has 2 rings (SSSR count). The first-order valence-electron chi connectivity index (χ1n) is 9.64. The van der Waals surface area contributed by atoms with Gasteiger partial charge in [-0.2, -0.15) is 0 Å². The van der Waals surface area contributed by atoms with Crippen LogP contribution in [0.15, 0.2) is 42.5 Å². The molecule has 0 aromatic heterocycles. The first-order valence-corrected chi connectivity index (χ1v) is 9.64. The molecule has 6 heteroatoms. The zero-order valence-corrected chi connectivity index (χ0v) is 16.7. The van der Waals surface area contributed by atoms with Crippen LogP contribution >= 0.6 is 0 Å². The number of anilines is 2. The van der Waals surface area contributed by atoms with Gasteiger partial charge in [-0.1, -0.05) is 37.3 Å². The number of aryl methyl sites for hydroxylation is 1. The molecule has 0 unspecified atom stereocenters. The molecule has 0 aliphatic carbocycles. The van der Waals surface area contributed by atoms with Gasteiger partial charge >= 0.3 is 0 Å². The maximum absolute atomic E-state index is 12.4. The Morgan fingerprint density at radius 2 is 1.36 bits per heavy atom. The predicted molar refractivity (Wildman–Crippen MR) is 111 cm³/mol. The maximum Gasteiger partial charge on any atom is 0.224 e. The quantitative estimate of drug-likeness (QED) is 0.636. The Labute approximate surface area is 166 Å². The third-order valence-electron chi connectivity index (χ3n) is 4.03. The minimum absolute atomic E-state index is 0.113. The molecule has 0 fully saturated rings. The number of ether oxygens (including phenoxy) is 2. The lowest BCUT2D eigenvalue weighted by atomic mass is 10.1. The molecule has 0 heterocycles. The summed E-state index contributed by atoms with van der Waals surface area (Å²) in [5.41, 5.74) is 2.16. The van der Waals surface area contributed by atoms with E-state index in [1.807, 2.05) is 44.2 Å². The molecule has 2 aromatic carbocycles. The van der Waals surface area contributed by atoms with Crippen LogP contribution in [0, 0.1) is 0 Å². The van der Waals surface area contributed by atoms with Crippen molar-refractivity contribution in [2.75, 3.05) is 23.8 Å². The summed E-state index contributed by atoms with van der Waals surface area (Å²) in [5.74, 6) is 0.747. The molecule has 2 amide bonds. The monoisotopic (exact) mass is 384 g/mol. The average Bonchev–Trinajstić information content (AvgIpc) is 2.70. The van der Waals surface area contributed by atoms with Crippen molar-refractivity contribution in [2.45, 2.75) is 40.0 Å². The average molecular weight is 384 g/mol. The van der Waals surface area contributed by atoms with E-state index in [9.17, 15) is 9.59 Å². The Kier molecular flexibility index (Phi) is 8.34. The molecule has 0 atom stereocenters. The summed E-state index contributed by atoms with van der Waals surface area (Å²) in [6, 6.07) is 13.2. The van der Waals surface area contributed by atoms with Gasteiger partial charge in [0.05, 0.1) is 24.6 Å². The van der Waals surface area contributed by atoms with Gasteiger partial charge in [-0.3, -0.25) is 9.59 Å². The smallest absolute Gasteiger partial charge is 0.224 e. The molecular formula is C22H28N2O4. The minimum atomic E-state index is -0.122. The number of benzene rings is 2. The molecule has 2 aromatic rings. The van der Waals surface area contributed by atoms with E-state index < -0.39 is 0 Å². The van der Waals surface area contributed by atoms with E-state index in [0.717, 1.165) is 5.56 Å². The summed E-state index contributed by atoms with van der Waals surface area (Å²) in [6.45, 7) is 6.37. The van der Waals surface area contributed by atoms with Crippen LogP contribution < -0.4 is 20.1 Å². The van der Waals surface area contributed by atoms with Crippen molar-refractivity contribution in [1.82, 2.24) is 0 Å². The number of rotatable bonds is 10. The molecule has 0 radical (unpaired) electrons. The van der Waals surface area contributed by atoms with E-state index in [4.69, 9.17) is 9.47 Å². The van der Waals surface area contributed by atoms with Gasteiger partial charge < -0.3 is 20.1 Å². The first kappa shape index (κ1) is 21.3. The van der Waals surface area contributed by atoms with Gasteiger partial charge in [0.1, 0.15) is 11.5 Å². The summed E-state index contributed by atoms with van der Waals surface area (Å²) in [5, 5.41) is 5.72. The van der Waals surface area contributed by atoms with Crippen molar-refractivity contribution < 1.29 is 19.1 Å². The van der Waals surface area contributed by atoms with Crippen molar-refractivity contribution in [3.05, 3.63) is 48.0 Å². The van der Waals surface area contributed by atoms with Gasteiger partial charge in [0.2, 0.25) is 11.8 Å². The van der Waals surface area contributed by atoms with Gasteiger partial charge in [0.15, 0.2) is 0 Å². The van der Waals surface area contributed by atoms with Crippen LogP contribution in [-0.4, -0.2) is 25.0 Å². The van der Waals surface area contributed by atoms with E-state index >= 15 is 0 Å². The number of amides is 2. The number of nitrogens with one attached hydrogen (secondary N) is 2. The van der Waals surface area contributed by atoms with E-state index in [1.54, 1.807) is 19.1 Å². The highest BCUT2D eigenvalue weighted by molar-refractivity contribution is 5.96. The summed E-state index contributed by atoms with van der Waals surface area (Å²) >= 11 is 0. The summed E-state index contributed by atoms with van der Waals surface area (Å²) in [4.78, 5) is 24.3. The lowest BCUT2D eigenvalue weighted by molar-refractivity contribution is -0.116. The molecule has 150 valence electrons. The Morgan fingerprint density at radius 1 is 0.821 bits per heavy atom. The topological polar surface area (TPSA) is 76.7 Å². The van der Waals surface area contributed by atoms with Crippen LogP contribution in [0.2, 0.25) is 0 Å². The van der Waals surface area contributed by atoms with Gasteiger partial charge in [-0.05, 0) is 25.8 Å². The Hall–Kier alpha value is -3.02. The van der Waals surface area contributed by atoms with Crippen molar-refractivity contribution in [3.63, 3.8) is 0 Å². The molecule has 0 spiro atoms. The van der Waals surface area contributed by atoms with Crippen molar-refractivity contribution in [1.29, 1.82) is 0 Å². The highest BCUT2D eigenvalue weighted by Gasteiger charge is 2.16. The molecule has 0 aliphatic heterocycles. The standard InChI is InChI=1S/C22H28N2O4/c1-4-21(25)23-17-14-20(28-6-3)18(15-19(17)27-5-2)24-22(26)13-12-16-10-8-7-9-11-16/h7-11,14-15H,4-6,12-13H2,1-3H3,(H,23,25)(H,24,26). The Bertz CT molecular complexity index is 791. The van der Waals surface area contributed by atoms with Crippen molar-refractivity contribution >= 4 is 23.2 Å². The van der Waals surface area contributed by atoms with Crippen LogP contribution in [-0.2, 0) is 16.0 Å². The number of carbonyl (C=O) groups is 2. The molecular weight excluding hydrogens is 356 g/mol. The van der Waals surface area contributed by atoms with E-state index in [2.05, 4.69) is 10.6 Å². The molecule has 0 bridgehead atoms. The van der Waals surface area contributed by atoms with Crippen LogP contribution in [0.5, 0.6) is 11.5 Å². The number of carbonyl (C=O) groups excluding carboxylic acids is 2. The third kappa shape index (κ3) is 6.30. The van der Waals surface area contributed by atoms with E-state index in [0.29, 0.717) is 55.4 Å². The van der Waals surface area contributed by atoms with E-state index in [1.165, 1.54) is 0 Å². The van der Waals surface area contributed by atoms with Gasteiger partial charge in [0, 0.05) is 25.0 Å². The molecule has 28 heavy (non-hydrogen) atoms. The highest BCUT2D eigenvalue weighted by atomic mass is 16.5. The SMILES string of the molecule is CCOc1cc(NC(=O)CCc2ccccc2)c(OCC)cc1NC(=O)CC. The fourth-order valence-electron chi connectivity index (χ4n) is 2.66. The second-order valence-corrected chi connectivity index (χ2v) is 6.15. The molecule has 0 saturated heterocycles. The van der Waals surface area contributed by atoms with Crippen LogP contribution in [0.3, 0.4) is 0 Å². The Morgan fingerprint density at radius 3 is 1.86 bits per heavy atom. The molecule has 2 N–H and O–H groups in total. The second-order valence-electron chi connectivity index (χ2n) is 6.15. The van der Waals surface area contributed by atoms with Crippen molar-refractivity contribution in [3.8, 4) is 11.5 Å². The predicted octanol–water partition coefficient (Wildman–Crippen LogP) is 4.40. The zero-order valence-electron chi connectivity index (χ0n) is 16.7. The minimum Gasteiger partial charge on any atom is -0.492 e. The molecule has 0 saturated carbocycles. The molecule has 0 aliphatic rings. The fourth-order valence-corrected chi connectivity index (χ4v) is 2.66. The lowest BCUT2D eigenvalue weighted by Crippen LogP contribution is -2.15. The lowest BCUT2D eigenvalue weighted by Gasteiger charge is -2.17. The van der Waals surface area contributed by atoms with Gasteiger partial charge in [0.25, 0.3) is 0 Å². The van der Waals surface area contributed by atoms with Gasteiger partial charge in [-0.15, -0.1) is 0 Å². The van der Waals surface area contributed by atoms with Gasteiger partial charge in [-0.25, -0.2) is 0 Å². The normalized spacial score (nSPS) is 10.2. The number of hydrogen-bond donors (Lipinski definition) is 2. The van der Waals surface area contributed by atoms with Crippen LogP contribution in [0.1, 0.15) is 39.2 Å². The fraction of sp³-hybridized carbons (Fsp3) is 0.364. The van der Waals surface area contributed by atoms with Crippen molar-refractivity contribution in [2.24, 2.45) is 0 Å². The highest BCUT2D eigenvalue weighted by Crippen LogP contribution is 2.37. The Balaban J connectivity index is 2.19. The summed E-state index contributed by atoms with van der Waals surface area (Å²) < 4.78 is 11.3. The zero-order chi connectivity index (χ0) is 20.4. The second kappa shape index (κ2) is 11.0. The summed E-state index contributed by atoms with van der Waals surface area (Å²) in [7, 11) is 0. The largest absolute Gasteiger partial charge is 0.492 e.